The Morgan fingerprint density at radius 1 is 0.857 bits per heavy atom. The standard InChI is InChI=1S/C42H42N6O6S2/c1-28-16-22-36(23-17-28)56(51,52)45-37(24-30-10-5-3-6-11-30)40(50)43-34-13-9-12-33(25-34)41-53-38(29(2)39(54-41)32-20-18-31(26-49)19-21-32)27-55-42-44-46-47-48(42)35-14-7-4-8-15-35/h3-23,25,29,37-39,41,45,49H,24,26-27H2,1-2H3,(H,43,50)/t29-,37+,38+,39+,41+/m0/s1. The molecule has 5 aromatic carbocycles. The lowest BCUT2D eigenvalue weighted by Gasteiger charge is -2.41. The number of sulfonamides is 1. The number of para-hydroxylation sites is 1. The van der Waals surface area contributed by atoms with E-state index in [1.54, 1.807) is 35.0 Å². The Morgan fingerprint density at radius 3 is 2.29 bits per heavy atom. The van der Waals surface area contributed by atoms with Gasteiger partial charge in [0.15, 0.2) is 6.29 Å². The highest BCUT2D eigenvalue weighted by Crippen LogP contribution is 2.43. The molecule has 1 fully saturated rings. The Morgan fingerprint density at radius 2 is 1.57 bits per heavy atom. The van der Waals surface area contributed by atoms with Gasteiger partial charge in [0, 0.05) is 22.9 Å². The number of carbonyl (C=O) groups is 1. The number of tetrazole rings is 1. The SMILES string of the molecule is Cc1ccc(S(=O)(=O)N[C@H](Cc2ccccc2)C(=O)Nc2cccc([C@@H]3O[C@H](CSc4nnnn4-c4ccccc4)[C@H](C)[C@H](c4ccc(CO)cc4)O3)c2)cc1. The van der Waals surface area contributed by atoms with E-state index in [0.717, 1.165) is 27.9 Å². The second-order valence-corrected chi connectivity index (χ2v) is 16.3. The molecule has 7 rings (SSSR count). The molecule has 3 N–H and O–H groups in total. The van der Waals surface area contributed by atoms with Gasteiger partial charge in [-0.05, 0) is 76.9 Å². The van der Waals surface area contributed by atoms with Gasteiger partial charge in [0.25, 0.3) is 0 Å². The van der Waals surface area contributed by atoms with Crippen LogP contribution in [0.3, 0.4) is 0 Å². The number of thioether (sulfide) groups is 1. The fourth-order valence-electron chi connectivity index (χ4n) is 6.47. The summed E-state index contributed by atoms with van der Waals surface area (Å²) in [5.74, 6) is -0.103. The predicted molar refractivity (Wildman–Crippen MR) is 213 cm³/mol. The number of aromatic nitrogens is 4. The molecule has 1 aromatic heterocycles. The van der Waals surface area contributed by atoms with Crippen molar-refractivity contribution in [1.29, 1.82) is 0 Å². The second-order valence-electron chi connectivity index (χ2n) is 13.6. The predicted octanol–water partition coefficient (Wildman–Crippen LogP) is 6.58. The third-order valence-corrected chi connectivity index (χ3v) is 12.1. The van der Waals surface area contributed by atoms with Crippen LogP contribution < -0.4 is 10.0 Å². The minimum atomic E-state index is -4.03. The Labute approximate surface area is 330 Å². The van der Waals surface area contributed by atoms with Gasteiger partial charge in [-0.25, -0.2) is 8.42 Å². The van der Waals surface area contributed by atoms with Gasteiger partial charge in [-0.1, -0.05) is 121 Å². The first-order valence-electron chi connectivity index (χ1n) is 18.2. The molecular formula is C42H42N6O6S2. The third kappa shape index (κ3) is 9.41. The van der Waals surface area contributed by atoms with Crippen molar-refractivity contribution in [3.05, 3.63) is 161 Å². The molecular weight excluding hydrogens is 749 g/mol. The molecule has 0 bridgehead atoms. The molecule has 14 heteroatoms. The normalized spacial score (nSPS) is 19.0. The third-order valence-electron chi connectivity index (χ3n) is 9.60. The Hall–Kier alpha value is -5.22. The van der Waals surface area contributed by atoms with E-state index in [4.69, 9.17) is 9.47 Å². The summed E-state index contributed by atoms with van der Waals surface area (Å²) in [6, 6.07) is 39.1. The first-order valence-corrected chi connectivity index (χ1v) is 20.6. The molecule has 0 spiro atoms. The van der Waals surface area contributed by atoms with Crippen molar-refractivity contribution in [3.8, 4) is 5.69 Å². The van der Waals surface area contributed by atoms with Crippen LogP contribution in [0.4, 0.5) is 5.69 Å². The number of aliphatic hydroxyl groups excluding tert-OH is 1. The van der Waals surface area contributed by atoms with Crippen molar-refractivity contribution < 1.29 is 27.8 Å². The molecule has 0 unspecified atom stereocenters. The number of rotatable bonds is 14. The smallest absolute Gasteiger partial charge is 0.242 e. The van der Waals surface area contributed by atoms with E-state index in [9.17, 15) is 18.3 Å². The van der Waals surface area contributed by atoms with Gasteiger partial charge in [0.05, 0.1) is 29.4 Å². The molecule has 1 amide bonds. The second kappa shape index (κ2) is 17.7. The highest BCUT2D eigenvalue weighted by Gasteiger charge is 2.39. The Kier molecular flexibility index (Phi) is 12.3. The maximum absolute atomic E-state index is 13.9. The van der Waals surface area contributed by atoms with Crippen molar-refractivity contribution >= 4 is 33.4 Å². The monoisotopic (exact) mass is 790 g/mol. The fraction of sp³-hybridized carbons (Fsp3) is 0.238. The Balaban J connectivity index is 1.13. The number of nitrogens with zero attached hydrogens (tertiary/aromatic N) is 4. The van der Waals surface area contributed by atoms with Crippen LogP contribution in [0.15, 0.2) is 144 Å². The number of anilines is 1. The van der Waals surface area contributed by atoms with Crippen LogP contribution in [-0.4, -0.2) is 57.5 Å². The zero-order valence-electron chi connectivity index (χ0n) is 30.8. The lowest BCUT2D eigenvalue weighted by Crippen LogP contribution is -2.45. The van der Waals surface area contributed by atoms with E-state index in [2.05, 4.69) is 32.5 Å². The quantitative estimate of drug-likeness (QED) is 0.103. The van der Waals surface area contributed by atoms with Gasteiger partial charge in [-0.15, -0.1) is 5.10 Å². The van der Waals surface area contributed by atoms with Gasteiger partial charge >= 0.3 is 0 Å². The number of carbonyl (C=O) groups excluding carboxylic acids is 1. The fourth-order valence-corrected chi connectivity index (χ4v) is 8.72. The molecule has 0 radical (unpaired) electrons. The van der Waals surface area contributed by atoms with E-state index in [0.29, 0.717) is 22.2 Å². The van der Waals surface area contributed by atoms with E-state index < -0.39 is 28.3 Å². The molecule has 56 heavy (non-hydrogen) atoms. The summed E-state index contributed by atoms with van der Waals surface area (Å²) in [6.07, 6.45) is -1.37. The Bertz CT molecular complexity index is 2330. The summed E-state index contributed by atoms with van der Waals surface area (Å²) in [4.78, 5) is 14.0. The summed E-state index contributed by atoms with van der Waals surface area (Å²) < 4.78 is 44.6. The van der Waals surface area contributed by atoms with Crippen LogP contribution in [0.25, 0.3) is 5.69 Å². The lowest BCUT2D eigenvalue weighted by atomic mass is 9.91. The maximum Gasteiger partial charge on any atom is 0.242 e. The van der Waals surface area contributed by atoms with Crippen LogP contribution in [0.5, 0.6) is 0 Å². The molecule has 1 aliphatic heterocycles. The topological polar surface area (TPSA) is 158 Å². The molecule has 1 saturated heterocycles. The number of nitrogens with one attached hydrogen (secondary N) is 2. The van der Waals surface area contributed by atoms with Gasteiger partial charge in [0.1, 0.15) is 6.04 Å². The van der Waals surface area contributed by atoms with Crippen molar-refractivity contribution in [2.75, 3.05) is 11.1 Å². The highest BCUT2D eigenvalue weighted by molar-refractivity contribution is 7.99. The summed E-state index contributed by atoms with van der Waals surface area (Å²) in [5.41, 5.74) is 5.39. The average Bonchev–Trinajstić information content (AvgIpc) is 3.70. The highest BCUT2D eigenvalue weighted by atomic mass is 32.2. The molecule has 0 saturated carbocycles. The first-order chi connectivity index (χ1) is 27.2. The van der Waals surface area contributed by atoms with E-state index >= 15 is 0 Å². The zero-order valence-corrected chi connectivity index (χ0v) is 32.4. The van der Waals surface area contributed by atoms with Gasteiger partial charge in [0.2, 0.25) is 21.1 Å². The van der Waals surface area contributed by atoms with Gasteiger partial charge in [-0.3, -0.25) is 4.79 Å². The molecule has 6 aromatic rings. The van der Waals surface area contributed by atoms with E-state index in [1.807, 2.05) is 97.9 Å². The maximum atomic E-state index is 13.9. The molecule has 12 nitrogen and oxygen atoms in total. The number of hydrogen-bond donors (Lipinski definition) is 3. The molecule has 1 aliphatic rings. The number of benzene rings is 5. The molecule has 0 aliphatic carbocycles. The summed E-state index contributed by atoms with van der Waals surface area (Å²) in [6.45, 7) is 3.88. The van der Waals surface area contributed by atoms with Crippen LogP contribution in [0, 0.1) is 12.8 Å². The number of ether oxygens (including phenoxy) is 2. The number of aliphatic hydroxyl groups is 1. The van der Waals surface area contributed by atoms with Crippen molar-refractivity contribution in [2.45, 2.75) is 61.5 Å². The zero-order chi connectivity index (χ0) is 39.1. The molecule has 288 valence electrons. The van der Waals surface area contributed by atoms with Crippen molar-refractivity contribution in [3.63, 3.8) is 0 Å². The number of amides is 1. The van der Waals surface area contributed by atoms with E-state index in [1.165, 1.54) is 23.9 Å². The lowest BCUT2D eigenvalue weighted by molar-refractivity contribution is -0.268. The van der Waals surface area contributed by atoms with Crippen LogP contribution in [0.1, 0.15) is 47.1 Å². The number of aryl methyl sites for hydroxylation is 1. The molecule has 2 heterocycles. The largest absolute Gasteiger partial charge is 0.392 e. The van der Waals surface area contributed by atoms with Gasteiger partial charge < -0.3 is 19.9 Å². The van der Waals surface area contributed by atoms with Crippen LogP contribution >= 0.6 is 11.8 Å². The van der Waals surface area contributed by atoms with Crippen LogP contribution in [0.2, 0.25) is 0 Å². The summed E-state index contributed by atoms with van der Waals surface area (Å²) in [7, 11) is -4.03. The summed E-state index contributed by atoms with van der Waals surface area (Å²) in [5, 5.41) is 25.6. The van der Waals surface area contributed by atoms with Crippen molar-refractivity contribution in [1.82, 2.24) is 24.9 Å². The molecule has 5 atom stereocenters. The minimum absolute atomic E-state index is 0.0688. The van der Waals surface area contributed by atoms with Crippen molar-refractivity contribution in [2.24, 2.45) is 5.92 Å². The number of hydrogen-bond acceptors (Lipinski definition) is 10. The van der Waals surface area contributed by atoms with E-state index in [-0.39, 0.29) is 36.0 Å². The minimum Gasteiger partial charge on any atom is -0.392 e. The average molecular weight is 791 g/mol. The van der Waals surface area contributed by atoms with Gasteiger partial charge in [-0.2, -0.15) is 9.40 Å². The summed E-state index contributed by atoms with van der Waals surface area (Å²) >= 11 is 1.48. The van der Waals surface area contributed by atoms with Crippen LogP contribution in [-0.2, 0) is 37.3 Å². The first kappa shape index (κ1) is 39.0.